The van der Waals surface area contributed by atoms with Crippen LogP contribution in [0.15, 0.2) is 12.5 Å². The van der Waals surface area contributed by atoms with Crippen molar-refractivity contribution in [2.24, 2.45) is 0 Å². The third-order valence-corrected chi connectivity index (χ3v) is 6.13. The summed E-state index contributed by atoms with van der Waals surface area (Å²) in [5.74, 6) is 0.263. The zero-order chi connectivity index (χ0) is 13.5. The van der Waals surface area contributed by atoms with Gasteiger partial charge in [-0.25, -0.2) is 18.4 Å². The molecule has 0 amide bonds. The van der Waals surface area contributed by atoms with Gasteiger partial charge in [0.1, 0.15) is 6.33 Å². The monoisotopic (exact) mass is 281 g/mol. The van der Waals surface area contributed by atoms with Crippen LogP contribution < -0.4 is 0 Å². The maximum absolute atomic E-state index is 12.5. The first-order chi connectivity index (χ1) is 9.13. The van der Waals surface area contributed by atoms with E-state index < -0.39 is 10.0 Å². The maximum Gasteiger partial charge on any atom is 0.214 e. The number of sulfonamides is 1. The molecule has 19 heavy (non-hydrogen) atoms. The summed E-state index contributed by atoms with van der Waals surface area (Å²) in [5.41, 5.74) is 2.04. The Morgan fingerprint density at radius 3 is 3.05 bits per heavy atom. The predicted molar refractivity (Wildman–Crippen MR) is 72.0 cm³/mol. The number of aromatic nitrogens is 2. The van der Waals surface area contributed by atoms with Crippen LogP contribution in [0.3, 0.4) is 0 Å². The van der Waals surface area contributed by atoms with Crippen molar-refractivity contribution in [3.8, 4) is 0 Å². The van der Waals surface area contributed by atoms with Crippen LogP contribution in [0.5, 0.6) is 0 Å². The number of unbranched alkanes of at least 4 members (excludes halogenated alkanes) is 1. The lowest BCUT2D eigenvalue weighted by Gasteiger charge is -2.34. The molecule has 2 unspecified atom stereocenters. The fraction of sp³-hybridized carbons (Fsp3) is 0.692. The van der Waals surface area contributed by atoms with Crippen molar-refractivity contribution in [2.75, 3.05) is 5.75 Å². The molecular formula is C13H19N3O2S. The van der Waals surface area contributed by atoms with Crippen LogP contribution in [0.1, 0.15) is 49.9 Å². The van der Waals surface area contributed by atoms with Gasteiger partial charge in [-0.3, -0.25) is 0 Å². The van der Waals surface area contributed by atoms with Gasteiger partial charge >= 0.3 is 0 Å². The van der Waals surface area contributed by atoms with Gasteiger partial charge in [0.25, 0.3) is 0 Å². The number of fused-ring (bicyclic) bond motifs is 4. The molecule has 0 aliphatic carbocycles. The van der Waals surface area contributed by atoms with E-state index in [1.165, 1.54) is 0 Å². The van der Waals surface area contributed by atoms with Gasteiger partial charge in [0.15, 0.2) is 0 Å². The second kappa shape index (κ2) is 4.83. The summed E-state index contributed by atoms with van der Waals surface area (Å²) in [6, 6.07) is 0.0751. The standard InChI is InChI=1S/C13H19N3O2S/c1-2-3-6-19(17,18)16-10-4-5-13(16)11-8-14-9-15-12(11)7-10/h8-10,13H,2-7H2,1H3. The average molecular weight is 281 g/mol. The predicted octanol–water partition coefficient (Wildman–Crippen LogP) is 1.67. The molecule has 2 aliphatic rings. The van der Waals surface area contributed by atoms with E-state index in [0.717, 1.165) is 43.4 Å². The summed E-state index contributed by atoms with van der Waals surface area (Å²) in [5, 5.41) is 0. The number of hydrogen-bond acceptors (Lipinski definition) is 4. The van der Waals surface area contributed by atoms with Gasteiger partial charge in [-0.15, -0.1) is 0 Å². The Labute approximate surface area is 114 Å². The van der Waals surface area contributed by atoms with Crippen molar-refractivity contribution in [3.05, 3.63) is 23.8 Å². The second-order valence-corrected chi connectivity index (χ2v) is 7.37. The first-order valence-corrected chi connectivity index (χ1v) is 8.54. The molecule has 6 heteroatoms. The van der Waals surface area contributed by atoms with Crippen LogP contribution in [0.2, 0.25) is 0 Å². The van der Waals surface area contributed by atoms with Crippen LogP contribution in [0, 0.1) is 0 Å². The van der Waals surface area contributed by atoms with Gasteiger partial charge in [-0.1, -0.05) is 13.3 Å². The van der Waals surface area contributed by atoms with Gasteiger partial charge in [-0.05, 0) is 19.3 Å². The summed E-state index contributed by atoms with van der Waals surface area (Å²) in [7, 11) is -3.15. The zero-order valence-electron chi connectivity index (χ0n) is 11.1. The van der Waals surface area contributed by atoms with Crippen LogP contribution in [0.4, 0.5) is 0 Å². The lowest BCUT2D eigenvalue weighted by molar-refractivity contribution is 0.300. The Bertz CT molecular complexity index is 573. The average Bonchev–Trinajstić information content (AvgIpc) is 2.74. The van der Waals surface area contributed by atoms with Crippen molar-refractivity contribution in [3.63, 3.8) is 0 Å². The quantitative estimate of drug-likeness (QED) is 0.842. The van der Waals surface area contributed by atoms with E-state index in [-0.39, 0.29) is 17.8 Å². The summed E-state index contributed by atoms with van der Waals surface area (Å²) in [6.07, 6.45) is 7.55. The van der Waals surface area contributed by atoms with E-state index in [2.05, 4.69) is 9.97 Å². The van der Waals surface area contributed by atoms with Crippen LogP contribution in [-0.2, 0) is 16.4 Å². The molecule has 0 saturated carbocycles. The van der Waals surface area contributed by atoms with Crippen molar-refractivity contribution in [1.82, 2.24) is 14.3 Å². The Kier molecular flexibility index (Phi) is 3.30. The van der Waals surface area contributed by atoms with Crippen LogP contribution >= 0.6 is 0 Å². The molecule has 1 saturated heterocycles. The van der Waals surface area contributed by atoms with Gasteiger partial charge < -0.3 is 0 Å². The Balaban J connectivity index is 1.94. The highest BCUT2D eigenvalue weighted by molar-refractivity contribution is 7.89. The van der Waals surface area contributed by atoms with E-state index >= 15 is 0 Å². The molecule has 2 bridgehead atoms. The highest BCUT2D eigenvalue weighted by atomic mass is 32.2. The summed E-state index contributed by atoms with van der Waals surface area (Å²) < 4.78 is 26.7. The molecule has 1 aromatic heterocycles. The number of rotatable bonds is 4. The van der Waals surface area contributed by atoms with E-state index in [4.69, 9.17) is 0 Å². The zero-order valence-corrected chi connectivity index (χ0v) is 11.9. The Hall–Kier alpha value is -1.01. The van der Waals surface area contributed by atoms with Gasteiger partial charge in [-0.2, -0.15) is 4.31 Å². The fourth-order valence-electron chi connectivity index (χ4n) is 3.23. The molecule has 3 heterocycles. The maximum atomic E-state index is 12.5. The summed E-state index contributed by atoms with van der Waals surface area (Å²) >= 11 is 0. The molecule has 2 atom stereocenters. The smallest absolute Gasteiger partial charge is 0.214 e. The van der Waals surface area contributed by atoms with Crippen molar-refractivity contribution < 1.29 is 8.42 Å². The lowest BCUT2D eigenvalue weighted by atomic mass is 10.0. The lowest BCUT2D eigenvalue weighted by Crippen LogP contribution is -2.43. The van der Waals surface area contributed by atoms with Crippen LogP contribution in [-0.4, -0.2) is 34.5 Å². The van der Waals surface area contributed by atoms with Gasteiger partial charge in [0, 0.05) is 24.2 Å². The van der Waals surface area contributed by atoms with Gasteiger partial charge in [0.05, 0.1) is 17.5 Å². The number of hydrogen-bond donors (Lipinski definition) is 0. The molecule has 104 valence electrons. The molecular weight excluding hydrogens is 262 g/mol. The minimum absolute atomic E-state index is 0.0307. The van der Waals surface area contributed by atoms with E-state index in [1.54, 1.807) is 16.8 Å². The Morgan fingerprint density at radius 1 is 1.42 bits per heavy atom. The number of nitrogens with zero attached hydrogens (tertiary/aromatic N) is 3. The molecule has 5 nitrogen and oxygen atoms in total. The minimum Gasteiger partial charge on any atom is -0.244 e. The molecule has 0 radical (unpaired) electrons. The first-order valence-electron chi connectivity index (χ1n) is 6.93. The van der Waals surface area contributed by atoms with E-state index in [9.17, 15) is 8.42 Å². The second-order valence-electron chi connectivity index (χ2n) is 5.38. The van der Waals surface area contributed by atoms with E-state index in [0.29, 0.717) is 0 Å². The highest BCUT2D eigenvalue weighted by Gasteiger charge is 2.46. The fourth-order valence-corrected chi connectivity index (χ4v) is 5.34. The molecule has 2 aliphatic heterocycles. The van der Waals surface area contributed by atoms with E-state index in [1.807, 2.05) is 6.92 Å². The third kappa shape index (κ3) is 2.17. The largest absolute Gasteiger partial charge is 0.244 e. The highest BCUT2D eigenvalue weighted by Crippen LogP contribution is 2.44. The van der Waals surface area contributed by atoms with Crippen LogP contribution in [0.25, 0.3) is 0 Å². The normalized spacial score (nSPS) is 26.4. The van der Waals surface area contributed by atoms with Crippen molar-refractivity contribution in [2.45, 2.75) is 51.1 Å². The van der Waals surface area contributed by atoms with Crippen molar-refractivity contribution in [1.29, 1.82) is 0 Å². The first kappa shape index (κ1) is 13.0. The topological polar surface area (TPSA) is 63.2 Å². The molecule has 0 aromatic carbocycles. The van der Waals surface area contributed by atoms with Gasteiger partial charge in [0.2, 0.25) is 10.0 Å². The molecule has 1 aromatic rings. The summed E-state index contributed by atoms with van der Waals surface area (Å²) in [6.45, 7) is 2.02. The third-order valence-electron chi connectivity index (χ3n) is 4.13. The minimum atomic E-state index is -3.15. The molecule has 3 rings (SSSR count). The Morgan fingerprint density at radius 2 is 2.26 bits per heavy atom. The molecule has 0 spiro atoms. The van der Waals surface area contributed by atoms with Crippen molar-refractivity contribution >= 4 is 10.0 Å². The summed E-state index contributed by atoms with van der Waals surface area (Å²) in [4.78, 5) is 8.37. The molecule has 1 fully saturated rings. The SMILES string of the molecule is CCCCS(=O)(=O)N1C2CCC1c1cncnc1C2. The molecule has 0 N–H and O–H groups in total.